The van der Waals surface area contributed by atoms with Crippen molar-refractivity contribution in [3.05, 3.63) is 88.6 Å². The monoisotopic (exact) mass is 507 g/mol. The van der Waals surface area contributed by atoms with Crippen LogP contribution >= 0.6 is 0 Å². The lowest BCUT2D eigenvalue weighted by Gasteiger charge is -2.56. The molecule has 2 heterocycles. The van der Waals surface area contributed by atoms with Crippen LogP contribution in [-0.4, -0.2) is 41.5 Å². The maximum Gasteiger partial charge on any atom is 0.251 e. The maximum absolute atomic E-state index is 13.2. The molecule has 6 rings (SSSR count). The Bertz CT molecular complexity index is 1290. The van der Waals surface area contributed by atoms with Crippen LogP contribution in [0.3, 0.4) is 0 Å². The Morgan fingerprint density at radius 1 is 1.11 bits per heavy atom. The van der Waals surface area contributed by atoms with Crippen molar-refractivity contribution in [3.8, 4) is 11.3 Å². The van der Waals surface area contributed by atoms with E-state index in [9.17, 15) is 4.79 Å². The van der Waals surface area contributed by atoms with Crippen LogP contribution in [0.5, 0.6) is 0 Å². The molecule has 2 aliphatic carbocycles. The molecule has 3 unspecified atom stereocenters. The SMILES string of the molecule is CCC12CCN(CC3CC3)C(Cc3ccc(C(=O)NCCc4ccc(-c5ccc(C)cc5)nc4)cc31)C2C. The number of fused-ring (bicyclic) bond motifs is 4. The Hall–Kier alpha value is -2.98. The summed E-state index contributed by atoms with van der Waals surface area (Å²) in [5.41, 5.74) is 8.39. The number of piperidine rings is 1. The molecule has 3 atom stereocenters. The van der Waals surface area contributed by atoms with E-state index in [1.807, 2.05) is 12.3 Å². The van der Waals surface area contributed by atoms with Gasteiger partial charge in [-0.1, -0.05) is 55.8 Å². The Balaban J connectivity index is 1.11. The highest BCUT2D eigenvalue weighted by Gasteiger charge is 2.50. The van der Waals surface area contributed by atoms with Crippen molar-refractivity contribution in [2.75, 3.05) is 19.6 Å². The third kappa shape index (κ3) is 4.80. The zero-order chi connectivity index (χ0) is 26.3. The fraction of sp³-hybridized carbons (Fsp3) is 0.471. The summed E-state index contributed by atoms with van der Waals surface area (Å²) in [7, 11) is 0. The fourth-order valence-corrected chi connectivity index (χ4v) is 7.13. The lowest BCUT2D eigenvalue weighted by molar-refractivity contribution is 0.0180. The molecule has 2 fully saturated rings. The molecule has 0 radical (unpaired) electrons. The topological polar surface area (TPSA) is 45.2 Å². The Labute approximate surface area is 227 Å². The number of nitrogens with one attached hydrogen (secondary N) is 1. The minimum Gasteiger partial charge on any atom is -0.352 e. The van der Waals surface area contributed by atoms with E-state index in [0.717, 1.165) is 47.6 Å². The molecule has 4 heteroatoms. The van der Waals surface area contributed by atoms with Crippen LogP contribution in [0.15, 0.2) is 60.8 Å². The Kier molecular flexibility index (Phi) is 6.86. The standard InChI is InChI=1S/C34H41N3O/c1-4-34-16-18-37(22-26-7-8-26)32(24(34)3)20-28-12-13-29(19-30(28)34)33(38)35-17-15-25-9-14-31(36-21-25)27-10-5-23(2)6-11-27/h5-6,9-14,19,21,24,26,32H,4,7-8,15-18,20,22H2,1-3H3,(H,35,38). The van der Waals surface area contributed by atoms with Crippen LogP contribution in [0.25, 0.3) is 11.3 Å². The highest BCUT2D eigenvalue weighted by molar-refractivity contribution is 5.94. The van der Waals surface area contributed by atoms with Crippen molar-refractivity contribution >= 4 is 5.91 Å². The van der Waals surface area contributed by atoms with E-state index in [1.165, 1.54) is 49.0 Å². The molecule has 2 aromatic carbocycles. The first-order valence-electron chi connectivity index (χ1n) is 14.6. The zero-order valence-electron chi connectivity index (χ0n) is 23.2. The maximum atomic E-state index is 13.2. The highest BCUT2D eigenvalue weighted by Crippen LogP contribution is 2.51. The average Bonchev–Trinajstić information content (AvgIpc) is 3.76. The highest BCUT2D eigenvalue weighted by atomic mass is 16.1. The van der Waals surface area contributed by atoms with Crippen LogP contribution in [0, 0.1) is 18.8 Å². The smallest absolute Gasteiger partial charge is 0.251 e. The van der Waals surface area contributed by atoms with Crippen LogP contribution in [0.1, 0.15) is 72.1 Å². The van der Waals surface area contributed by atoms with Crippen molar-refractivity contribution in [1.29, 1.82) is 0 Å². The number of benzene rings is 2. The predicted molar refractivity (Wildman–Crippen MR) is 154 cm³/mol. The molecule has 2 bridgehead atoms. The van der Waals surface area contributed by atoms with Gasteiger partial charge in [0.05, 0.1) is 5.69 Å². The number of hydrogen-bond donors (Lipinski definition) is 1. The molecule has 0 spiro atoms. The summed E-state index contributed by atoms with van der Waals surface area (Å²) in [6.07, 6.45) is 9.01. The Morgan fingerprint density at radius 3 is 2.63 bits per heavy atom. The van der Waals surface area contributed by atoms with Crippen molar-refractivity contribution in [2.45, 2.75) is 70.8 Å². The molecule has 38 heavy (non-hydrogen) atoms. The molecule has 1 amide bonds. The second kappa shape index (κ2) is 10.3. The summed E-state index contributed by atoms with van der Waals surface area (Å²) in [5.74, 6) is 1.59. The lowest BCUT2D eigenvalue weighted by atomic mass is 9.56. The summed E-state index contributed by atoms with van der Waals surface area (Å²) < 4.78 is 0. The van der Waals surface area contributed by atoms with Crippen molar-refractivity contribution < 1.29 is 4.79 Å². The van der Waals surface area contributed by atoms with E-state index in [2.05, 4.69) is 84.5 Å². The van der Waals surface area contributed by atoms with Crippen molar-refractivity contribution in [3.63, 3.8) is 0 Å². The number of aryl methyl sites for hydroxylation is 1. The van der Waals surface area contributed by atoms with Gasteiger partial charge in [0, 0.05) is 41.9 Å². The van der Waals surface area contributed by atoms with Crippen molar-refractivity contribution in [1.82, 2.24) is 15.2 Å². The number of nitrogens with zero attached hydrogens (tertiary/aromatic N) is 2. The summed E-state index contributed by atoms with van der Waals surface area (Å²) in [5, 5.41) is 3.16. The zero-order valence-corrected chi connectivity index (χ0v) is 23.2. The molecular weight excluding hydrogens is 466 g/mol. The van der Waals surface area contributed by atoms with Crippen LogP contribution < -0.4 is 5.32 Å². The summed E-state index contributed by atoms with van der Waals surface area (Å²) in [4.78, 5) is 20.6. The predicted octanol–water partition coefficient (Wildman–Crippen LogP) is 6.35. The number of aromatic nitrogens is 1. The number of rotatable bonds is 8. The van der Waals surface area contributed by atoms with E-state index in [1.54, 1.807) is 0 Å². The first-order valence-corrected chi connectivity index (χ1v) is 14.6. The quantitative estimate of drug-likeness (QED) is 0.386. The van der Waals surface area contributed by atoms with Gasteiger partial charge in [0.1, 0.15) is 0 Å². The van der Waals surface area contributed by atoms with E-state index >= 15 is 0 Å². The van der Waals surface area contributed by atoms with E-state index in [0.29, 0.717) is 18.5 Å². The van der Waals surface area contributed by atoms with Gasteiger partial charge in [-0.2, -0.15) is 0 Å². The lowest BCUT2D eigenvalue weighted by Crippen LogP contribution is -2.59. The van der Waals surface area contributed by atoms with Crippen LogP contribution in [-0.2, 0) is 18.3 Å². The molecule has 1 N–H and O–H groups in total. The van der Waals surface area contributed by atoms with Crippen LogP contribution in [0.2, 0.25) is 0 Å². The molecule has 198 valence electrons. The fourth-order valence-electron chi connectivity index (χ4n) is 7.13. The van der Waals surface area contributed by atoms with Gasteiger partial charge < -0.3 is 5.32 Å². The van der Waals surface area contributed by atoms with E-state index in [-0.39, 0.29) is 11.3 Å². The van der Waals surface area contributed by atoms with E-state index < -0.39 is 0 Å². The molecular formula is C34H41N3O. The largest absolute Gasteiger partial charge is 0.352 e. The third-order valence-corrected chi connectivity index (χ3v) is 9.79. The number of amides is 1. The first kappa shape index (κ1) is 25.3. The van der Waals surface area contributed by atoms with Gasteiger partial charge in [-0.05, 0) is 98.7 Å². The first-order chi connectivity index (χ1) is 18.5. The van der Waals surface area contributed by atoms with Gasteiger partial charge in [-0.15, -0.1) is 0 Å². The molecule has 1 aromatic heterocycles. The Morgan fingerprint density at radius 2 is 1.92 bits per heavy atom. The van der Waals surface area contributed by atoms with Gasteiger partial charge in [-0.25, -0.2) is 0 Å². The van der Waals surface area contributed by atoms with E-state index in [4.69, 9.17) is 0 Å². The van der Waals surface area contributed by atoms with Gasteiger partial charge in [0.2, 0.25) is 0 Å². The normalized spacial score (nSPS) is 24.6. The number of likely N-dealkylation sites (tertiary alicyclic amines) is 1. The average molecular weight is 508 g/mol. The number of pyridine rings is 1. The summed E-state index contributed by atoms with van der Waals surface area (Å²) in [6, 6.07) is 19.8. The molecule has 1 aliphatic heterocycles. The number of hydrogen-bond acceptors (Lipinski definition) is 3. The minimum absolute atomic E-state index is 0.0317. The van der Waals surface area contributed by atoms with Crippen LogP contribution in [0.4, 0.5) is 0 Å². The molecule has 1 saturated heterocycles. The molecule has 3 aromatic rings. The molecule has 4 nitrogen and oxygen atoms in total. The molecule has 1 saturated carbocycles. The van der Waals surface area contributed by atoms with Crippen molar-refractivity contribution in [2.24, 2.45) is 11.8 Å². The van der Waals surface area contributed by atoms with Gasteiger partial charge in [-0.3, -0.25) is 14.7 Å². The number of carbonyl (C=O) groups excluding carboxylic acids is 1. The van der Waals surface area contributed by atoms with Gasteiger partial charge >= 0.3 is 0 Å². The second-order valence-corrected chi connectivity index (χ2v) is 12.1. The summed E-state index contributed by atoms with van der Waals surface area (Å²) >= 11 is 0. The third-order valence-electron chi connectivity index (χ3n) is 9.79. The number of carbonyl (C=O) groups is 1. The molecule has 3 aliphatic rings. The van der Waals surface area contributed by atoms with Gasteiger partial charge in [0.25, 0.3) is 5.91 Å². The second-order valence-electron chi connectivity index (χ2n) is 12.1. The minimum atomic E-state index is 0.0317. The van der Waals surface area contributed by atoms with Gasteiger partial charge in [0.15, 0.2) is 0 Å². The summed E-state index contributed by atoms with van der Waals surface area (Å²) in [6.45, 7) is 10.0.